The van der Waals surface area contributed by atoms with E-state index in [0.717, 1.165) is 24.0 Å². The van der Waals surface area contributed by atoms with Gasteiger partial charge in [0.2, 0.25) is 0 Å². The summed E-state index contributed by atoms with van der Waals surface area (Å²) < 4.78 is 27.2. The van der Waals surface area contributed by atoms with Gasteiger partial charge in [-0.25, -0.2) is 0 Å². The molecule has 26 heavy (non-hydrogen) atoms. The molecule has 0 heterocycles. The molecule has 1 rings (SSSR count). The van der Waals surface area contributed by atoms with Gasteiger partial charge in [0.15, 0.2) is 0 Å². The minimum Gasteiger partial charge on any atom is -0.810 e. The van der Waals surface area contributed by atoms with Crippen molar-refractivity contribution < 1.29 is 28.5 Å². The SMILES string of the molecule is CC(C)=CCC/C(C)=C/c1cccc(COCP(=O)([O-])CP(=O)([O-])[O-])c1. The molecule has 0 spiro atoms. The maximum Gasteiger partial charge on any atom is 0.0878 e. The van der Waals surface area contributed by atoms with Crippen molar-refractivity contribution >= 4 is 21.0 Å². The van der Waals surface area contributed by atoms with E-state index >= 15 is 0 Å². The summed E-state index contributed by atoms with van der Waals surface area (Å²) in [5.41, 5.74) is 4.27. The van der Waals surface area contributed by atoms with Crippen molar-refractivity contribution in [3.63, 3.8) is 0 Å². The number of benzene rings is 1. The van der Waals surface area contributed by atoms with Gasteiger partial charge in [-0.2, -0.15) is 0 Å². The predicted molar refractivity (Wildman–Crippen MR) is 98.5 cm³/mol. The monoisotopic (exact) mass is 399 g/mol. The third kappa shape index (κ3) is 10.9. The van der Waals surface area contributed by atoms with E-state index in [0.29, 0.717) is 0 Å². The highest BCUT2D eigenvalue weighted by Crippen LogP contribution is 2.47. The molecule has 0 amide bonds. The number of allylic oxidation sites excluding steroid dienone is 3. The lowest BCUT2D eigenvalue weighted by molar-refractivity contribution is -0.312. The molecule has 0 saturated carbocycles. The fourth-order valence-corrected chi connectivity index (χ4v) is 5.13. The molecule has 8 heteroatoms. The van der Waals surface area contributed by atoms with Crippen LogP contribution in [0.3, 0.4) is 0 Å². The molecular weight excluding hydrogens is 374 g/mol. The van der Waals surface area contributed by atoms with Gasteiger partial charge in [-0.3, -0.25) is 0 Å². The highest BCUT2D eigenvalue weighted by atomic mass is 31.2. The number of hydrogen-bond acceptors (Lipinski definition) is 6. The largest absolute Gasteiger partial charge is 0.810 e. The number of rotatable bonds is 10. The Morgan fingerprint density at radius 2 is 1.85 bits per heavy atom. The Labute approximate surface area is 155 Å². The quantitative estimate of drug-likeness (QED) is 0.442. The highest BCUT2D eigenvalue weighted by molar-refractivity contribution is 7.70. The Hall–Kier alpha value is -1.00. The molecule has 0 N–H and O–H groups in total. The van der Waals surface area contributed by atoms with Crippen molar-refractivity contribution in [3.05, 3.63) is 52.6 Å². The molecular formula is C18H25O6P2-3. The van der Waals surface area contributed by atoms with Crippen LogP contribution in [-0.2, 0) is 20.5 Å². The van der Waals surface area contributed by atoms with Crippen molar-refractivity contribution in [2.75, 3.05) is 12.3 Å². The van der Waals surface area contributed by atoms with Gasteiger partial charge in [0.05, 0.1) is 13.0 Å². The summed E-state index contributed by atoms with van der Waals surface area (Å²) in [6.07, 6.45) is 5.41. The van der Waals surface area contributed by atoms with Crippen LogP contribution in [0.5, 0.6) is 0 Å². The van der Waals surface area contributed by atoms with E-state index in [-0.39, 0.29) is 6.61 Å². The first kappa shape index (κ1) is 23.0. The topological polar surface area (TPSA) is 113 Å². The summed E-state index contributed by atoms with van der Waals surface area (Å²) in [6.45, 7) is 6.21. The van der Waals surface area contributed by atoms with E-state index in [2.05, 4.69) is 32.9 Å². The Morgan fingerprint density at radius 1 is 1.15 bits per heavy atom. The second kappa shape index (κ2) is 10.4. The molecule has 1 unspecified atom stereocenters. The molecule has 0 fully saturated rings. The third-order valence-corrected chi connectivity index (χ3v) is 7.09. The predicted octanol–water partition coefficient (Wildman–Crippen LogP) is 2.82. The zero-order valence-corrected chi connectivity index (χ0v) is 17.1. The van der Waals surface area contributed by atoms with E-state index in [1.54, 1.807) is 6.07 Å². The summed E-state index contributed by atoms with van der Waals surface area (Å²) in [5, 5.41) is 0. The highest BCUT2D eigenvalue weighted by Gasteiger charge is 2.10. The van der Waals surface area contributed by atoms with Crippen LogP contribution in [0.15, 0.2) is 41.5 Å². The Bertz CT molecular complexity index is 744. The van der Waals surface area contributed by atoms with Crippen molar-refractivity contribution in [3.8, 4) is 0 Å². The van der Waals surface area contributed by atoms with E-state index in [1.165, 1.54) is 11.1 Å². The molecule has 0 bridgehead atoms. The zero-order chi connectivity index (χ0) is 19.8. The first-order valence-corrected chi connectivity index (χ1v) is 12.0. The molecule has 0 aliphatic heterocycles. The minimum atomic E-state index is -5.11. The van der Waals surface area contributed by atoms with E-state index in [9.17, 15) is 23.8 Å². The summed E-state index contributed by atoms with van der Waals surface area (Å²) in [5.74, 6) is -1.40. The van der Waals surface area contributed by atoms with Crippen LogP contribution in [0.2, 0.25) is 0 Å². The van der Waals surface area contributed by atoms with Crippen molar-refractivity contribution in [1.29, 1.82) is 0 Å². The lowest BCUT2D eigenvalue weighted by atomic mass is 10.1. The van der Waals surface area contributed by atoms with Gasteiger partial charge in [-0.1, -0.05) is 49.1 Å². The van der Waals surface area contributed by atoms with E-state index in [4.69, 9.17) is 4.74 Å². The molecule has 0 saturated heterocycles. The maximum atomic E-state index is 11.5. The maximum absolute atomic E-state index is 11.5. The molecule has 6 nitrogen and oxygen atoms in total. The van der Waals surface area contributed by atoms with Gasteiger partial charge in [-0.05, 0) is 50.8 Å². The average molecular weight is 399 g/mol. The van der Waals surface area contributed by atoms with Gasteiger partial charge in [0, 0.05) is 13.3 Å². The zero-order valence-electron chi connectivity index (χ0n) is 15.3. The van der Waals surface area contributed by atoms with Crippen molar-refractivity contribution in [2.45, 2.75) is 40.2 Å². The van der Waals surface area contributed by atoms with Gasteiger partial charge in [0.25, 0.3) is 0 Å². The first-order chi connectivity index (χ1) is 12.0. The van der Waals surface area contributed by atoms with Crippen LogP contribution in [0.4, 0.5) is 0 Å². The lowest BCUT2D eigenvalue weighted by Crippen LogP contribution is -2.21. The van der Waals surface area contributed by atoms with Crippen LogP contribution < -0.4 is 14.7 Å². The first-order valence-electron chi connectivity index (χ1n) is 8.24. The number of ether oxygens (including phenoxy) is 1. The second-order valence-electron chi connectivity index (χ2n) is 6.60. The standard InChI is InChI=1S/C18H28O6P2/c1-15(2)6-4-7-16(3)10-17-8-5-9-18(11-17)12-24-13-25(19,20)14-26(21,22)23/h5-6,8-11H,4,7,12-14H2,1-3H3,(H,19,20)(H2,21,22,23)/p-3/b16-10+. The van der Waals surface area contributed by atoms with Gasteiger partial charge in [-0.15, -0.1) is 0 Å². The van der Waals surface area contributed by atoms with Crippen molar-refractivity contribution in [2.24, 2.45) is 0 Å². The lowest BCUT2D eigenvalue weighted by Gasteiger charge is -2.36. The second-order valence-corrected chi connectivity index (χ2v) is 10.8. The van der Waals surface area contributed by atoms with Crippen LogP contribution >= 0.6 is 15.0 Å². The van der Waals surface area contributed by atoms with Crippen LogP contribution in [0.1, 0.15) is 44.7 Å². The minimum absolute atomic E-state index is 0.0206. The van der Waals surface area contributed by atoms with Gasteiger partial charge >= 0.3 is 0 Å². The smallest absolute Gasteiger partial charge is 0.0878 e. The Morgan fingerprint density at radius 3 is 2.46 bits per heavy atom. The fraction of sp³-hybridized carbons (Fsp3) is 0.444. The van der Waals surface area contributed by atoms with Crippen LogP contribution in [-0.4, -0.2) is 12.3 Å². The molecule has 1 aromatic carbocycles. The van der Waals surface area contributed by atoms with Gasteiger partial charge in [0.1, 0.15) is 0 Å². The summed E-state index contributed by atoms with van der Waals surface area (Å²) in [6, 6.07) is 7.45. The molecule has 146 valence electrons. The number of hydrogen-bond donors (Lipinski definition) is 0. The molecule has 0 aliphatic rings. The Balaban J connectivity index is 2.60. The molecule has 1 atom stereocenters. The average Bonchev–Trinajstić information content (AvgIpc) is 2.44. The normalized spacial score (nSPS) is 14.8. The van der Waals surface area contributed by atoms with E-state index in [1.807, 2.05) is 18.2 Å². The molecule has 0 aromatic heterocycles. The van der Waals surface area contributed by atoms with Gasteiger partial charge < -0.3 is 28.5 Å². The van der Waals surface area contributed by atoms with Crippen LogP contribution in [0.25, 0.3) is 6.08 Å². The summed E-state index contributed by atoms with van der Waals surface area (Å²) in [4.78, 5) is 32.7. The third-order valence-electron chi connectivity index (χ3n) is 3.40. The summed E-state index contributed by atoms with van der Waals surface area (Å²) in [7, 11) is -9.49. The molecule has 0 radical (unpaired) electrons. The Kier molecular flexibility index (Phi) is 9.18. The molecule has 1 aromatic rings. The van der Waals surface area contributed by atoms with Crippen LogP contribution in [0, 0.1) is 0 Å². The van der Waals surface area contributed by atoms with E-state index < -0.39 is 27.2 Å². The fourth-order valence-electron chi connectivity index (χ4n) is 2.33. The summed E-state index contributed by atoms with van der Waals surface area (Å²) >= 11 is 0. The van der Waals surface area contributed by atoms with Crippen molar-refractivity contribution in [1.82, 2.24) is 0 Å². The molecule has 0 aliphatic carbocycles.